The Balaban J connectivity index is 1.92. The Morgan fingerprint density at radius 1 is 1.04 bits per heavy atom. The predicted octanol–water partition coefficient (Wildman–Crippen LogP) is 4.43. The Labute approximate surface area is 160 Å². The summed E-state index contributed by atoms with van der Waals surface area (Å²) < 4.78 is 48.4. The summed E-state index contributed by atoms with van der Waals surface area (Å²) in [6, 6.07) is 12.7. The quantitative estimate of drug-likeness (QED) is 0.705. The van der Waals surface area contributed by atoms with E-state index in [1.165, 1.54) is 6.92 Å². The number of carbonyl (C=O) groups is 2. The molecule has 0 unspecified atom stereocenters. The van der Waals surface area contributed by atoms with Gasteiger partial charge in [0.25, 0.3) is 5.91 Å². The number of esters is 1. The number of amides is 1. The topological polar surface area (TPSA) is 64.6 Å². The van der Waals surface area contributed by atoms with Gasteiger partial charge in [0.15, 0.2) is 12.2 Å². The van der Waals surface area contributed by atoms with Crippen molar-refractivity contribution >= 4 is 17.6 Å². The number of alkyl halides is 3. The summed E-state index contributed by atoms with van der Waals surface area (Å²) in [4.78, 5) is 24.4. The van der Waals surface area contributed by atoms with Crippen LogP contribution in [0.25, 0.3) is 0 Å². The van der Waals surface area contributed by atoms with Crippen molar-refractivity contribution in [2.45, 2.75) is 38.7 Å². The van der Waals surface area contributed by atoms with E-state index in [0.717, 1.165) is 24.3 Å². The molecule has 0 heterocycles. The molecule has 5 nitrogen and oxygen atoms in total. The molecule has 1 amide bonds. The van der Waals surface area contributed by atoms with Crippen LogP contribution in [0.2, 0.25) is 0 Å². The van der Waals surface area contributed by atoms with Gasteiger partial charge in [-0.15, -0.1) is 0 Å². The van der Waals surface area contributed by atoms with E-state index in [1.807, 2.05) is 0 Å². The van der Waals surface area contributed by atoms with Gasteiger partial charge in [-0.3, -0.25) is 4.79 Å². The number of anilines is 1. The second kappa shape index (κ2) is 9.25. The Bertz CT molecular complexity index is 791. The Morgan fingerprint density at radius 3 is 2.18 bits per heavy atom. The Morgan fingerprint density at radius 2 is 1.64 bits per heavy atom. The zero-order chi connectivity index (χ0) is 20.7. The van der Waals surface area contributed by atoms with Gasteiger partial charge in [-0.05, 0) is 49.7 Å². The van der Waals surface area contributed by atoms with Crippen molar-refractivity contribution in [3.63, 3.8) is 0 Å². The minimum Gasteiger partial charge on any atom is -0.479 e. The van der Waals surface area contributed by atoms with E-state index in [4.69, 9.17) is 9.47 Å². The van der Waals surface area contributed by atoms with Crippen molar-refractivity contribution in [2.24, 2.45) is 0 Å². The molecular formula is C20H20F3NO4. The van der Waals surface area contributed by atoms with E-state index in [2.05, 4.69) is 5.32 Å². The van der Waals surface area contributed by atoms with Gasteiger partial charge < -0.3 is 14.8 Å². The molecule has 1 N–H and O–H groups in total. The normalized spacial score (nSPS) is 13.3. The molecule has 2 aromatic carbocycles. The molecule has 0 fully saturated rings. The smallest absolute Gasteiger partial charge is 0.416 e. The summed E-state index contributed by atoms with van der Waals surface area (Å²) in [6.07, 6.45) is -6.16. The third kappa shape index (κ3) is 6.00. The maximum absolute atomic E-state index is 12.6. The zero-order valence-electron chi connectivity index (χ0n) is 15.3. The molecule has 28 heavy (non-hydrogen) atoms. The SMILES string of the molecule is CC[C@H](Oc1ccccc1)C(=O)O[C@@H](C)C(=O)Nc1ccc(C(F)(F)F)cc1. The maximum atomic E-state index is 12.6. The van der Waals surface area contributed by atoms with Crippen LogP contribution in [0.15, 0.2) is 54.6 Å². The number of rotatable bonds is 7. The number of carbonyl (C=O) groups excluding carboxylic acids is 2. The van der Waals surface area contributed by atoms with Crippen LogP contribution in [0.4, 0.5) is 18.9 Å². The zero-order valence-corrected chi connectivity index (χ0v) is 15.3. The summed E-state index contributed by atoms with van der Waals surface area (Å²) in [7, 11) is 0. The summed E-state index contributed by atoms with van der Waals surface area (Å²) in [5, 5.41) is 2.41. The van der Waals surface area contributed by atoms with Crippen LogP contribution in [-0.4, -0.2) is 24.1 Å². The van der Waals surface area contributed by atoms with E-state index in [1.54, 1.807) is 37.3 Å². The third-order valence-electron chi connectivity index (χ3n) is 3.80. The summed E-state index contributed by atoms with van der Waals surface area (Å²) in [5.41, 5.74) is -0.665. The number of para-hydroxylation sites is 1. The molecule has 0 aliphatic carbocycles. The molecular weight excluding hydrogens is 375 g/mol. The molecule has 0 radical (unpaired) electrons. The van der Waals surface area contributed by atoms with Gasteiger partial charge in [0.05, 0.1) is 5.56 Å². The second-order valence-corrected chi connectivity index (χ2v) is 5.97. The lowest BCUT2D eigenvalue weighted by Crippen LogP contribution is -2.36. The fourth-order valence-electron chi connectivity index (χ4n) is 2.25. The van der Waals surface area contributed by atoms with Crippen molar-refractivity contribution in [1.29, 1.82) is 0 Å². The van der Waals surface area contributed by atoms with Gasteiger partial charge >= 0.3 is 12.1 Å². The first-order chi connectivity index (χ1) is 13.2. The van der Waals surface area contributed by atoms with E-state index in [0.29, 0.717) is 12.2 Å². The average Bonchev–Trinajstić information content (AvgIpc) is 2.66. The van der Waals surface area contributed by atoms with Crippen molar-refractivity contribution < 1.29 is 32.2 Å². The molecule has 2 rings (SSSR count). The fraction of sp³-hybridized carbons (Fsp3) is 0.300. The van der Waals surface area contributed by atoms with Crippen molar-refractivity contribution in [2.75, 3.05) is 5.32 Å². The Hall–Kier alpha value is -3.03. The van der Waals surface area contributed by atoms with Crippen LogP contribution in [0.5, 0.6) is 5.75 Å². The van der Waals surface area contributed by atoms with Crippen LogP contribution in [0.3, 0.4) is 0 Å². The van der Waals surface area contributed by atoms with Crippen molar-refractivity contribution in [1.82, 2.24) is 0 Å². The standard InChI is InChI=1S/C20H20F3NO4/c1-3-17(28-16-7-5-4-6-8-16)19(26)27-13(2)18(25)24-15-11-9-14(10-12-15)20(21,22)23/h4-13,17H,3H2,1-2H3,(H,24,25)/t13-,17-/m0/s1. The highest BCUT2D eigenvalue weighted by molar-refractivity contribution is 5.95. The second-order valence-electron chi connectivity index (χ2n) is 5.97. The summed E-state index contributed by atoms with van der Waals surface area (Å²) >= 11 is 0. The van der Waals surface area contributed by atoms with Crippen molar-refractivity contribution in [3.05, 3.63) is 60.2 Å². The van der Waals surface area contributed by atoms with Gasteiger partial charge in [0.1, 0.15) is 5.75 Å². The van der Waals surface area contributed by atoms with E-state index >= 15 is 0 Å². The van der Waals surface area contributed by atoms with E-state index in [9.17, 15) is 22.8 Å². The number of hydrogen-bond donors (Lipinski definition) is 1. The molecule has 0 bridgehead atoms. The fourth-order valence-corrected chi connectivity index (χ4v) is 2.25. The Kier molecular flexibility index (Phi) is 7.03. The van der Waals surface area contributed by atoms with Gasteiger partial charge in [0.2, 0.25) is 0 Å². The van der Waals surface area contributed by atoms with Crippen molar-refractivity contribution in [3.8, 4) is 5.75 Å². The van der Waals surface area contributed by atoms with E-state index < -0.39 is 35.8 Å². The molecule has 0 saturated heterocycles. The summed E-state index contributed by atoms with van der Waals surface area (Å²) in [6.45, 7) is 3.11. The number of ether oxygens (including phenoxy) is 2. The highest BCUT2D eigenvalue weighted by Gasteiger charge is 2.30. The highest BCUT2D eigenvalue weighted by Crippen LogP contribution is 2.29. The predicted molar refractivity (Wildman–Crippen MR) is 96.8 cm³/mol. The number of halogens is 3. The maximum Gasteiger partial charge on any atom is 0.416 e. The first-order valence-corrected chi connectivity index (χ1v) is 8.61. The monoisotopic (exact) mass is 395 g/mol. The molecule has 0 aliphatic rings. The third-order valence-corrected chi connectivity index (χ3v) is 3.80. The molecule has 2 atom stereocenters. The van der Waals surface area contributed by atoms with Gasteiger partial charge in [-0.1, -0.05) is 25.1 Å². The number of benzene rings is 2. The molecule has 0 aliphatic heterocycles. The van der Waals surface area contributed by atoms with Gasteiger partial charge in [-0.2, -0.15) is 13.2 Å². The van der Waals surface area contributed by atoms with Crippen LogP contribution < -0.4 is 10.1 Å². The first-order valence-electron chi connectivity index (χ1n) is 8.61. The molecule has 0 saturated carbocycles. The highest BCUT2D eigenvalue weighted by atomic mass is 19.4. The lowest BCUT2D eigenvalue weighted by Gasteiger charge is -2.19. The molecule has 8 heteroatoms. The van der Waals surface area contributed by atoms with Crippen LogP contribution in [-0.2, 0) is 20.5 Å². The van der Waals surface area contributed by atoms with Crippen LogP contribution >= 0.6 is 0 Å². The lowest BCUT2D eigenvalue weighted by atomic mass is 10.2. The lowest BCUT2D eigenvalue weighted by molar-refractivity contribution is -0.160. The molecule has 0 aromatic heterocycles. The number of nitrogens with one attached hydrogen (secondary N) is 1. The first kappa shape index (κ1) is 21.3. The van der Waals surface area contributed by atoms with Gasteiger partial charge in [-0.25, -0.2) is 4.79 Å². The molecule has 2 aromatic rings. The number of hydrogen-bond acceptors (Lipinski definition) is 4. The minimum atomic E-state index is -4.46. The van der Waals surface area contributed by atoms with E-state index in [-0.39, 0.29) is 5.69 Å². The minimum absolute atomic E-state index is 0.161. The largest absolute Gasteiger partial charge is 0.479 e. The average molecular weight is 395 g/mol. The molecule has 150 valence electrons. The summed E-state index contributed by atoms with van der Waals surface area (Å²) in [5.74, 6) is -0.878. The van der Waals surface area contributed by atoms with Gasteiger partial charge in [0, 0.05) is 5.69 Å². The van der Waals surface area contributed by atoms with Crippen LogP contribution in [0.1, 0.15) is 25.8 Å². The van der Waals surface area contributed by atoms with Crippen LogP contribution in [0, 0.1) is 0 Å². The molecule has 0 spiro atoms.